The number of aromatic nitrogens is 3. The first kappa shape index (κ1) is 16.0. The number of carbonyl (C=O) groups excluding carboxylic acids is 1. The molecule has 0 bridgehead atoms. The Morgan fingerprint density at radius 1 is 1.33 bits per heavy atom. The summed E-state index contributed by atoms with van der Waals surface area (Å²) >= 11 is 6.01. The third kappa shape index (κ3) is 2.59. The molecule has 0 aliphatic carbocycles. The number of rotatable bonds is 2. The van der Waals surface area contributed by atoms with Crippen molar-refractivity contribution in [3.63, 3.8) is 0 Å². The van der Waals surface area contributed by atoms with E-state index in [9.17, 15) is 4.79 Å². The molecule has 0 radical (unpaired) electrons. The van der Waals surface area contributed by atoms with Crippen molar-refractivity contribution in [2.45, 2.75) is 13.8 Å². The van der Waals surface area contributed by atoms with Crippen LogP contribution in [0.25, 0.3) is 10.9 Å². The molecule has 1 aromatic carbocycles. The molecule has 0 spiro atoms. The van der Waals surface area contributed by atoms with Crippen molar-refractivity contribution < 1.29 is 4.79 Å². The molecule has 1 amide bonds. The monoisotopic (exact) mass is 339 g/mol. The molecule has 3 aromatic rings. The molecule has 0 atom stereocenters. The average molecular weight is 340 g/mol. The molecule has 1 N–H and O–H groups in total. The number of hydrogen-bond acceptors (Lipinski definition) is 4. The van der Waals surface area contributed by atoms with Crippen molar-refractivity contribution in [1.82, 2.24) is 14.8 Å². The number of amides is 1. The van der Waals surface area contributed by atoms with Gasteiger partial charge in [-0.3, -0.25) is 9.48 Å². The Bertz CT molecular complexity index is 1020. The van der Waals surface area contributed by atoms with Gasteiger partial charge in [-0.2, -0.15) is 10.4 Å². The first-order chi connectivity index (χ1) is 11.4. The van der Waals surface area contributed by atoms with Crippen molar-refractivity contribution in [3.05, 3.63) is 51.9 Å². The molecule has 0 saturated heterocycles. The third-order valence-corrected chi connectivity index (χ3v) is 4.32. The topological polar surface area (TPSA) is 83.6 Å². The Labute approximate surface area is 143 Å². The zero-order valence-electron chi connectivity index (χ0n) is 13.4. The van der Waals surface area contributed by atoms with E-state index in [1.807, 2.05) is 25.2 Å². The molecule has 3 rings (SSSR count). The Morgan fingerprint density at radius 3 is 2.79 bits per heavy atom. The number of pyridine rings is 1. The van der Waals surface area contributed by atoms with Crippen molar-refractivity contribution in [2.75, 3.05) is 5.32 Å². The van der Waals surface area contributed by atoms with E-state index in [2.05, 4.69) is 15.4 Å². The van der Waals surface area contributed by atoms with E-state index in [0.717, 1.165) is 10.9 Å². The van der Waals surface area contributed by atoms with Crippen molar-refractivity contribution in [1.29, 1.82) is 5.26 Å². The van der Waals surface area contributed by atoms with Crippen LogP contribution in [0.2, 0.25) is 5.15 Å². The molecule has 2 aromatic heterocycles. The van der Waals surface area contributed by atoms with Gasteiger partial charge >= 0.3 is 0 Å². The smallest absolute Gasteiger partial charge is 0.274 e. The molecule has 0 aliphatic heterocycles. The summed E-state index contributed by atoms with van der Waals surface area (Å²) in [6, 6.07) is 7.53. The molecule has 0 unspecified atom stereocenters. The lowest BCUT2D eigenvalue weighted by Gasteiger charge is -2.11. The van der Waals surface area contributed by atoms with Gasteiger partial charge in [-0.25, -0.2) is 4.98 Å². The fraction of sp³-hybridized carbons (Fsp3) is 0.176. The molecule has 24 heavy (non-hydrogen) atoms. The number of nitrogens with zero attached hydrogens (tertiary/aromatic N) is 4. The standard InChI is InChI=1S/C17H14ClN5O/c1-9-10(2)15(22-16(18)13(9)7-19)17(24)21-12-5-4-11-8-20-23(3)14(11)6-12/h4-6,8H,1-3H3,(H,21,24). The number of nitriles is 1. The lowest BCUT2D eigenvalue weighted by atomic mass is 10.0. The molecule has 2 heterocycles. The predicted octanol–water partition coefficient (Wildman–Crippen LogP) is 3.36. The summed E-state index contributed by atoms with van der Waals surface area (Å²) in [6.07, 6.45) is 1.76. The SMILES string of the molecule is Cc1c(C(=O)Nc2ccc3cnn(C)c3c2)nc(Cl)c(C#N)c1C. The second kappa shape index (κ2) is 5.95. The number of carbonyl (C=O) groups is 1. The minimum atomic E-state index is -0.372. The van der Waals surface area contributed by atoms with Gasteiger partial charge in [0.2, 0.25) is 0 Å². The van der Waals surface area contributed by atoms with Gasteiger partial charge in [0.05, 0.1) is 17.3 Å². The van der Waals surface area contributed by atoms with Crippen molar-refractivity contribution in [2.24, 2.45) is 7.05 Å². The van der Waals surface area contributed by atoms with Crippen LogP contribution in [-0.4, -0.2) is 20.7 Å². The van der Waals surface area contributed by atoms with Gasteiger partial charge in [-0.1, -0.05) is 11.6 Å². The minimum Gasteiger partial charge on any atom is -0.321 e. The molecular formula is C17H14ClN5O. The van der Waals surface area contributed by atoms with Gasteiger partial charge in [-0.05, 0) is 43.2 Å². The maximum Gasteiger partial charge on any atom is 0.274 e. The first-order valence-corrected chi connectivity index (χ1v) is 7.60. The molecule has 0 saturated carbocycles. The van der Waals surface area contributed by atoms with Crippen LogP contribution < -0.4 is 5.32 Å². The van der Waals surface area contributed by atoms with E-state index < -0.39 is 0 Å². The van der Waals surface area contributed by atoms with Crippen LogP contribution in [0.4, 0.5) is 5.69 Å². The summed E-state index contributed by atoms with van der Waals surface area (Å²) in [6.45, 7) is 3.50. The molecule has 0 aliphatic rings. The Balaban J connectivity index is 1.97. The molecular weight excluding hydrogens is 326 g/mol. The number of hydrogen-bond donors (Lipinski definition) is 1. The number of anilines is 1. The summed E-state index contributed by atoms with van der Waals surface area (Å²) < 4.78 is 1.73. The fourth-order valence-electron chi connectivity index (χ4n) is 2.52. The highest BCUT2D eigenvalue weighted by Gasteiger charge is 2.18. The quantitative estimate of drug-likeness (QED) is 0.725. The van der Waals surface area contributed by atoms with Gasteiger partial charge in [0, 0.05) is 18.1 Å². The van der Waals surface area contributed by atoms with E-state index in [-0.39, 0.29) is 16.8 Å². The van der Waals surface area contributed by atoms with Crippen LogP contribution in [-0.2, 0) is 7.05 Å². The summed E-state index contributed by atoms with van der Waals surface area (Å²) in [4.78, 5) is 16.6. The van der Waals surface area contributed by atoms with Crippen molar-refractivity contribution in [3.8, 4) is 6.07 Å². The van der Waals surface area contributed by atoms with Gasteiger partial charge in [-0.15, -0.1) is 0 Å². The lowest BCUT2D eigenvalue weighted by Crippen LogP contribution is -2.17. The summed E-state index contributed by atoms with van der Waals surface area (Å²) in [5, 5.41) is 17.1. The first-order valence-electron chi connectivity index (χ1n) is 7.22. The zero-order chi connectivity index (χ0) is 17.4. The van der Waals surface area contributed by atoms with E-state index in [1.54, 1.807) is 30.8 Å². The predicted molar refractivity (Wildman–Crippen MR) is 92.1 cm³/mol. The lowest BCUT2D eigenvalue weighted by molar-refractivity contribution is 0.102. The number of fused-ring (bicyclic) bond motifs is 1. The minimum absolute atomic E-state index is 0.0350. The third-order valence-electron chi connectivity index (χ3n) is 4.04. The number of halogens is 1. The highest BCUT2D eigenvalue weighted by Crippen LogP contribution is 2.24. The number of nitrogens with one attached hydrogen (secondary N) is 1. The highest BCUT2D eigenvalue weighted by molar-refractivity contribution is 6.31. The molecule has 6 nitrogen and oxygen atoms in total. The van der Waals surface area contributed by atoms with Gasteiger partial charge in [0.25, 0.3) is 5.91 Å². The Hall–Kier alpha value is -2.91. The normalized spacial score (nSPS) is 10.6. The van der Waals surface area contributed by atoms with Gasteiger partial charge in [0.1, 0.15) is 16.9 Å². The van der Waals surface area contributed by atoms with E-state index >= 15 is 0 Å². The van der Waals surface area contributed by atoms with Crippen LogP contribution in [0.5, 0.6) is 0 Å². The van der Waals surface area contributed by atoms with Crippen LogP contribution in [0, 0.1) is 25.2 Å². The summed E-state index contributed by atoms with van der Waals surface area (Å²) in [7, 11) is 1.84. The van der Waals surface area contributed by atoms with E-state index in [4.69, 9.17) is 16.9 Å². The van der Waals surface area contributed by atoms with Gasteiger partial charge < -0.3 is 5.32 Å². The summed E-state index contributed by atoms with van der Waals surface area (Å²) in [5.74, 6) is -0.372. The summed E-state index contributed by atoms with van der Waals surface area (Å²) in [5.41, 5.74) is 3.34. The molecule has 120 valence electrons. The zero-order valence-corrected chi connectivity index (χ0v) is 14.1. The maximum absolute atomic E-state index is 12.6. The highest BCUT2D eigenvalue weighted by atomic mass is 35.5. The van der Waals surface area contributed by atoms with Crippen LogP contribution in [0.3, 0.4) is 0 Å². The average Bonchev–Trinajstić information content (AvgIpc) is 2.92. The van der Waals surface area contributed by atoms with Crippen LogP contribution >= 0.6 is 11.6 Å². The fourth-order valence-corrected chi connectivity index (χ4v) is 2.79. The Morgan fingerprint density at radius 2 is 2.08 bits per heavy atom. The van der Waals surface area contributed by atoms with E-state index in [0.29, 0.717) is 22.4 Å². The van der Waals surface area contributed by atoms with Crippen LogP contribution in [0.1, 0.15) is 27.2 Å². The van der Waals surface area contributed by atoms with E-state index in [1.165, 1.54) is 0 Å². The number of aryl methyl sites for hydroxylation is 1. The number of benzene rings is 1. The largest absolute Gasteiger partial charge is 0.321 e. The molecule has 7 heteroatoms. The van der Waals surface area contributed by atoms with Gasteiger partial charge in [0.15, 0.2) is 0 Å². The second-order valence-electron chi connectivity index (χ2n) is 5.48. The Kier molecular flexibility index (Phi) is 3.96. The maximum atomic E-state index is 12.6. The van der Waals surface area contributed by atoms with Crippen LogP contribution in [0.15, 0.2) is 24.4 Å². The second-order valence-corrected chi connectivity index (χ2v) is 5.84. The molecule has 0 fully saturated rings. The van der Waals surface area contributed by atoms with Crippen molar-refractivity contribution >= 4 is 34.1 Å².